The van der Waals surface area contributed by atoms with Crippen LogP contribution in [0.3, 0.4) is 0 Å². The molecule has 0 spiro atoms. The molecule has 2 atom stereocenters. The molecule has 1 fully saturated rings. The van der Waals surface area contributed by atoms with Crippen molar-refractivity contribution in [2.75, 3.05) is 6.54 Å². The highest BCUT2D eigenvalue weighted by atomic mass is 19.1. The lowest BCUT2D eigenvalue weighted by molar-refractivity contribution is -0.141. The molecule has 0 radical (unpaired) electrons. The van der Waals surface area contributed by atoms with Crippen LogP contribution >= 0.6 is 0 Å². The van der Waals surface area contributed by atoms with Crippen molar-refractivity contribution in [3.63, 3.8) is 0 Å². The minimum absolute atomic E-state index is 0.179. The molecule has 2 rings (SSSR count). The second-order valence-corrected chi connectivity index (χ2v) is 4.26. The number of carbonyl (C=O) groups is 1. The Bertz CT molecular complexity index is 419. The zero-order valence-electron chi connectivity index (χ0n) is 9.03. The highest BCUT2D eigenvalue weighted by molar-refractivity contribution is 5.70. The van der Waals surface area contributed by atoms with Crippen LogP contribution in [0, 0.1) is 18.7 Å². The maximum atomic E-state index is 13.6. The smallest absolute Gasteiger partial charge is 0.307 e. The van der Waals surface area contributed by atoms with E-state index in [0.717, 1.165) is 5.56 Å². The van der Waals surface area contributed by atoms with Crippen LogP contribution in [0.15, 0.2) is 18.2 Å². The molecule has 1 saturated heterocycles. The van der Waals surface area contributed by atoms with Crippen molar-refractivity contribution in [1.82, 2.24) is 5.32 Å². The maximum absolute atomic E-state index is 13.6. The van der Waals surface area contributed by atoms with Crippen molar-refractivity contribution in [2.45, 2.75) is 19.4 Å². The molecule has 86 valence electrons. The third-order valence-corrected chi connectivity index (χ3v) is 3.01. The van der Waals surface area contributed by atoms with Crippen LogP contribution in [-0.2, 0) is 4.79 Å². The van der Waals surface area contributed by atoms with Gasteiger partial charge < -0.3 is 10.4 Å². The number of carboxylic acid groups (broad SMARTS) is 1. The summed E-state index contributed by atoms with van der Waals surface area (Å²) in [5, 5.41) is 11.9. The molecule has 1 heterocycles. The zero-order chi connectivity index (χ0) is 11.7. The minimum Gasteiger partial charge on any atom is -0.481 e. The summed E-state index contributed by atoms with van der Waals surface area (Å²) in [5.41, 5.74) is 1.43. The van der Waals surface area contributed by atoms with Gasteiger partial charge >= 0.3 is 5.97 Å². The van der Waals surface area contributed by atoms with Crippen molar-refractivity contribution < 1.29 is 14.3 Å². The van der Waals surface area contributed by atoms with Crippen LogP contribution in [0.2, 0.25) is 0 Å². The number of nitrogens with one attached hydrogen (secondary N) is 1. The maximum Gasteiger partial charge on any atom is 0.307 e. The molecule has 3 nitrogen and oxygen atoms in total. The number of aliphatic carboxylic acids is 1. The van der Waals surface area contributed by atoms with Gasteiger partial charge in [0, 0.05) is 18.2 Å². The molecule has 16 heavy (non-hydrogen) atoms. The average Bonchev–Trinajstić information content (AvgIpc) is 2.66. The number of rotatable bonds is 2. The predicted molar refractivity (Wildman–Crippen MR) is 57.6 cm³/mol. The Balaban J connectivity index is 2.17. The monoisotopic (exact) mass is 223 g/mol. The number of benzene rings is 1. The number of carboxylic acids is 1. The van der Waals surface area contributed by atoms with E-state index < -0.39 is 11.9 Å². The predicted octanol–water partition coefficient (Wildman–Crippen LogP) is 1.87. The van der Waals surface area contributed by atoms with Crippen molar-refractivity contribution in [2.24, 2.45) is 5.92 Å². The average molecular weight is 223 g/mol. The number of aryl methyl sites for hydroxylation is 1. The van der Waals surface area contributed by atoms with Gasteiger partial charge in [-0.05, 0) is 25.0 Å². The van der Waals surface area contributed by atoms with E-state index in [9.17, 15) is 9.18 Å². The van der Waals surface area contributed by atoms with Crippen LogP contribution in [0.25, 0.3) is 0 Å². The van der Waals surface area contributed by atoms with E-state index in [-0.39, 0.29) is 11.9 Å². The Morgan fingerprint density at radius 1 is 1.56 bits per heavy atom. The third kappa shape index (κ3) is 2.07. The van der Waals surface area contributed by atoms with Gasteiger partial charge in [-0.3, -0.25) is 4.79 Å². The van der Waals surface area contributed by atoms with Crippen molar-refractivity contribution in [3.05, 3.63) is 35.1 Å². The van der Waals surface area contributed by atoms with E-state index >= 15 is 0 Å². The molecule has 0 aliphatic carbocycles. The molecule has 2 N–H and O–H groups in total. The van der Waals surface area contributed by atoms with Crippen molar-refractivity contribution in [3.8, 4) is 0 Å². The summed E-state index contributed by atoms with van der Waals surface area (Å²) in [4.78, 5) is 10.8. The fraction of sp³-hybridized carbons (Fsp3) is 0.417. The van der Waals surface area contributed by atoms with Gasteiger partial charge in [0.05, 0.1) is 5.92 Å². The number of hydrogen-bond donors (Lipinski definition) is 2. The van der Waals surface area contributed by atoms with E-state index in [1.807, 2.05) is 13.0 Å². The van der Waals surface area contributed by atoms with Crippen LogP contribution in [0.4, 0.5) is 4.39 Å². The second-order valence-electron chi connectivity index (χ2n) is 4.26. The summed E-state index contributed by atoms with van der Waals surface area (Å²) in [6.07, 6.45) is 0.454. The summed E-state index contributed by atoms with van der Waals surface area (Å²) in [6, 6.07) is 4.87. The lowest BCUT2D eigenvalue weighted by Gasteiger charge is -2.12. The Morgan fingerprint density at radius 3 is 2.88 bits per heavy atom. The van der Waals surface area contributed by atoms with Crippen LogP contribution < -0.4 is 5.32 Å². The molecule has 0 saturated carbocycles. The molecule has 1 aromatic carbocycles. The highest BCUT2D eigenvalue weighted by Crippen LogP contribution is 2.29. The molecular formula is C12H14FNO2. The quantitative estimate of drug-likeness (QED) is 0.804. The molecular weight excluding hydrogens is 209 g/mol. The Hall–Kier alpha value is -1.42. The summed E-state index contributed by atoms with van der Waals surface area (Å²) < 4.78 is 13.6. The largest absolute Gasteiger partial charge is 0.481 e. The first-order chi connectivity index (χ1) is 7.58. The summed E-state index contributed by atoms with van der Waals surface area (Å²) >= 11 is 0. The molecule has 2 unspecified atom stereocenters. The Labute approximate surface area is 93.3 Å². The van der Waals surface area contributed by atoms with Gasteiger partial charge in [-0.15, -0.1) is 0 Å². The number of hydrogen-bond acceptors (Lipinski definition) is 2. The summed E-state index contributed by atoms with van der Waals surface area (Å²) in [7, 11) is 0. The van der Waals surface area contributed by atoms with E-state index in [4.69, 9.17) is 5.11 Å². The first kappa shape index (κ1) is 11.1. The first-order valence-corrected chi connectivity index (χ1v) is 5.30. The first-order valence-electron chi connectivity index (χ1n) is 5.30. The molecule has 4 heteroatoms. The molecule has 1 aromatic rings. The van der Waals surface area contributed by atoms with Crippen LogP contribution in [-0.4, -0.2) is 17.6 Å². The van der Waals surface area contributed by atoms with E-state index in [1.54, 1.807) is 6.07 Å². The third-order valence-electron chi connectivity index (χ3n) is 3.01. The SMILES string of the molecule is Cc1ccc(C2CC(C(=O)O)CN2)c(F)c1. The standard InChI is InChI=1S/C12H14FNO2/c1-7-2-3-9(10(13)4-7)11-5-8(6-14-11)12(15)16/h2-4,8,11,14H,5-6H2,1H3,(H,15,16). The van der Waals surface area contributed by atoms with Crippen LogP contribution in [0.5, 0.6) is 0 Å². The topological polar surface area (TPSA) is 49.3 Å². The zero-order valence-corrected chi connectivity index (χ0v) is 9.03. The van der Waals surface area contributed by atoms with Gasteiger partial charge in [-0.25, -0.2) is 4.39 Å². The van der Waals surface area contributed by atoms with E-state index in [1.165, 1.54) is 6.07 Å². The number of halogens is 1. The molecule has 0 amide bonds. The Morgan fingerprint density at radius 2 is 2.31 bits per heavy atom. The molecule has 1 aliphatic heterocycles. The van der Waals surface area contributed by atoms with Crippen LogP contribution in [0.1, 0.15) is 23.6 Å². The summed E-state index contributed by atoms with van der Waals surface area (Å²) in [6.45, 7) is 2.24. The molecule has 1 aliphatic rings. The van der Waals surface area contributed by atoms with Crippen molar-refractivity contribution in [1.29, 1.82) is 0 Å². The fourth-order valence-corrected chi connectivity index (χ4v) is 2.08. The Kier molecular flexibility index (Phi) is 2.92. The fourth-order valence-electron chi connectivity index (χ4n) is 2.08. The molecule has 0 bridgehead atoms. The van der Waals surface area contributed by atoms with Gasteiger partial charge in [0.15, 0.2) is 0 Å². The highest BCUT2D eigenvalue weighted by Gasteiger charge is 2.31. The van der Waals surface area contributed by atoms with Gasteiger partial charge in [0.2, 0.25) is 0 Å². The van der Waals surface area contributed by atoms with Gasteiger partial charge in [-0.1, -0.05) is 12.1 Å². The second kappa shape index (κ2) is 4.22. The normalized spacial score (nSPS) is 24.6. The summed E-state index contributed by atoms with van der Waals surface area (Å²) in [5.74, 6) is -1.49. The van der Waals surface area contributed by atoms with Gasteiger partial charge in [-0.2, -0.15) is 0 Å². The lowest BCUT2D eigenvalue weighted by Crippen LogP contribution is -2.17. The lowest BCUT2D eigenvalue weighted by atomic mass is 9.99. The van der Waals surface area contributed by atoms with E-state index in [2.05, 4.69) is 5.32 Å². The van der Waals surface area contributed by atoms with Gasteiger partial charge in [0.25, 0.3) is 0 Å². The van der Waals surface area contributed by atoms with Crippen molar-refractivity contribution >= 4 is 5.97 Å². The van der Waals surface area contributed by atoms with Gasteiger partial charge in [0.1, 0.15) is 5.82 Å². The molecule has 0 aromatic heterocycles. The van der Waals surface area contributed by atoms with E-state index in [0.29, 0.717) is 18.5 Å². The minimum atomic E-state index is -0.817.